The van der Waals surface area contributed by atoms with Crippen LogP contribution < -0.4 is 0 Å². The predicted molar refractivity (Wildman–Crippen MR) is 132 cm³/mol. The number of phenols is 2. The van der Waals surface area contributed by atoms with Crippen molar-refractivity contribution < 1.29 is 18.6 Å². The van der Waals surface area contributed by atoms with Gasteiger partial charge in [0.2, 0.25) is 9.84 Å². The average molecular weight is 499 g/mol. The van der Waals surface area contributed by atoms with E-state index in [4.69, 9.17) is 23.2 Å². The molecule has 4 aromatic carbocycles. The molecule has 0 bridgehead atoms. The van der Waals surface area contributed by atoms with E-state index >= 15 is 0 Å². The number of phenolic OH excluding ortho intramolecular Hbond substituents is 2. The molecule has 0 amide bonds. The van der Waals surface area contributed by atoms with E-state index in [0.29, 0.717) is 22.3 Å². The molecule has 0 atom stereocenters. The third-order valence-electron chi connectivity index (χ3n) is 5.37. The second-order valence-corrected chi connectivity index (χ2v) is 10.5. The first-order valence-corrected chi connectivity index (χ1v) is 12.3. The fourth-order valence-corrected chi connectivity index (χ4v) is 5.70. The minimum atomic E-state index is -3.99. The second kappa shape index (κ2) is 8.75. The van der Waals surface area contributed by atoms with Crippen molar-refractivity contribution in [1.29, 1.82) is 0 Å². The maximum absolute atomic E-state index is 14.0. The van der Waals surface area contributed by atoms with Crippen molar-refractivity contribution in [3.63, 3.8) is 0 Å². The SMILES string of the molecule is Cc1ccc(S(=O)(=O)c2ccc(C)cc2-c2ccc(O)c(Cl)c2)c(-c2ccc(O)c(Cl)c2)c1. The molecule has 0 saturated heterocycles. The zero-order chi connectivity index (χ0) is 23.9. The lowest BCUT2D eigenvalue weighted by Crippen LogP contribution is -2.06. The third-order valence-corrected chi connectivity index (χ3v) is 7.84. The molecule has 0 saturated carbocycles. The Morgan fingerprint density at radius 2 is 1.00 bits per heavy atom. The van der Waals surface area contributed by atoms with Gasteiger partial charge in [-0.3, -0.25) is 0 Å². The molecular formula is C26H20Cl2O4S. The van der Waals surface area contributed by atoms with E-state index in [9.17, 15) is 18.6 Å². The van der Waals surface area contributed by atoms with Crippen molar-refractivity contribution in [2.45, 2.75) is 23.6 Å². The number of sulfone groups is 1. The molecule has 0 spiro atoms. The third kappa shape index (κ3) is 4.44. The van der Waals surface area contributed by atoms with Gasteiger partial charge in [0.25, 0.3) is 0 Å². The minimum Gasteiger partial charge on any atom is -0.506 e. The average Bonchev–Trinajstić information content (AvgIpc) is 2.77. The first kappa shape index (κ1) is 23.2. The van der Waals surface area contributed by atoms with Crippen LogP contribution in [0.1, 0.15) is 11.1 Å². The van der Waals surface area contributed by atoms with Crippen LogP contribution in [0.5, 0.6) is 11.5 Å². The van der Waals surface area contributed by atoms with Gasteiger partial charge < -0.3 is 10.2 Å². The smallest absolute Gasteiger partial charge is 0.207 e. The Kier molecular flexibility index (Phi) is 6.14. The highest BCUT2D eigenvalue weighted by molar-refractivity contribution is 7.91. The Labute approximate surface area is 202 Å². The van der Waals surface area contributed by atoms with Crippen LogP contribution in [0.15, 0.2) is 82.6 Å². The van der Waals surface area contributed by atoms with Crippen LogP contribution >= 0.6 is 23.2 Å². The molecule has 4 aromatic rings. The summed E-state index contributed by atoms with van der Waals surface area (Å²) in [6.07, 6.45) is 0. The fraction of sp³-hybridized carbons (Fsp3) is 0.0769. The summed E-state index contributed by atoms with van der Waals surface area (Å²) in [6, 6.07) is 19.4. The van der Waals surface area contributed by atoms with Gasteiger partial charge in [-0.15, -0.1) is 0 Å². The molecule has 0 radical (unpaired) electrons. The van der Waals surface area contributed by atoms with Crippen LogP contribution in [0.3, 0.4) is 0 Å². The molecule has 4 rings (SSSR count). The van der Waals surface area contributed by atoms with Crippen LogP contribution in [0.2, 0.25) is 10.0 Å². The molecule has 0 aliphatic heterocycles. The highest BCUT2D eigenvalue weighted by Crippen LogP contribution is 2.39. The van der Waals surface area contributed by atoms with Gasteiger partial charge in [-0.1, -0.05) is 70.7 Å². The highest BCUT2D eigenvalue weighted by Gasteiger charge is 2.26. The van der Waals surface area contributed by atoms with E-state index < -0.39 is 9.84 Å². The number of aryl methyl sites for hydroxylation is 2. The van der Waals surface area contributed by atoms with Crippen LogP contribution in [-0.4, -0.2) is 18.6 Å². The summed E-state index contributed by atoms with van der Waals surface area (Å²) in [6.45, 7) is 3.75. The standard InChI is InChI=1S/C26H20Cl2O4S/c1-15-3-9-25(19(11-15)17-5-7-23(29)21(27)13-17)33(31,32)26-10-4-16(2)12-20(26)18-6-8-24(30)22(28)14-18/h3-14,29-30H,1-2H3. The van der Waals surface area contributed by atoms with Gasteiger partial charge in [-0.05, 0) is 61.4 Å². The summed E-state index contributed by atoms with van der Waals surface area (Å²) in [5.74, 6) is -0.162. The topological polar surface area (TPSA) is 74.6 Å². The lowest BCUT2D eigenvalue weighted by Gasteiger charge is -2.16. The minimum absolute atomic E-state index is 0.0810. The molecule has 0 unspecified atom stereocenters. The van der Waals surface area contributed by atoms with E-state index in [1.165, 1.54) is 12.1 Å². The van der Waals surface area contributed by atoms with Gasteiger partial charge >= 0.3 is 0 Å². The van der Waals surface area contributed by atoms with E-state index in [2.05, 4.69) is 0 Å². The molecule has 33 heavy (non-hydrogen) atoms. The monoisotopic (exact) mass is 498 g/mol. The molecule has 0 aliphatic rings. The van der Waals surface area contributed by atoms with E-state index in [1.54, 1.807) is 60.7 Å². The van der Waals surface area contributed by atoms with Crippen molar-refractivity contribution in [3.05, 3.63) is 94.0 Å². The summed E-state index contributed by atoms with van der Waals surface area (Å²) < 4.78 is 28.0. The van der Waals surface area contributed by atoms with Crippen molar-refractivity contribution in [1.82, 2.24) is 0 Å². The van der Waals surface area contributed by atoms with Crippen LogP contribution in [0, 0.1) is 13.8 Å². The van der Waals surface area contributed by atoms with Crippen molar-refractivity contribution in [2.75, 3.05) is 0 Å². The number of hydrogen-bond donors (Lipinski definition) is 2. The fourth-order valence-electron chi connectivity index (χ4n) is 3.67. The summed E-state index contributed by atoms with van der Waals surface area (Å²) >= 11 is 12.2. The Hall–Kier alpha value is -2.99. The van der Waals surface area contributed by atoms with Crippen LogP contribution in [-0.2, 0) is 9.84 Å². The maximum Gasteiger partial charge on any atom is 0.207 e. The quantitative estimate of drug-likeness (QED) is 0.312. The zero-order valence-electron chi connectivity index (χ0n) is 17.8. The molecule has 0 aliphatic carbocycles. The largest absolute Gasteiger partial charge is 0.506 e. The molecule has 168 valence electrons. The first-order chi connectivity index (χ1) is 15.6. The first-order valence-electron chi connectivity index (χ1n) is 10.0. The molecule has 2 N–H and O–H groups in total. The van der Waals surface area contributed by atoms with Gasteiger partial charge in [0, 0.05) is 11.1 Å². The van der Waals surface area contributed by atoms with Gasteiger partial charge in [0.1, 0.15) is 11.5 Å². The molecule has 0 aromatic heterocycles. The summed E-state index contributed by atoms with van der Waals surface area (Å²) in [5, 5.41) is 19.9. The molecule has 0 fully saturated rings. The summed E-state index contributed by atoms with van der Waals surface area (Å²) in [5.41, 5.74) is 3.85. The Morgan fingerprint density at radius 3 is 1.36 bits per heavy atom. The number of rotatable bonds is 4. The maximum atomic E-state index is 14.0. The van der Waals surface area contributed by atoms with Crippen LogP contribution in [0.4, 0.5) is 0 Å². The number of hydrogen-bond acceptors (Lipinski definition) is 4. The van der Waals surface area contributed by atoms with Gasteiger partial charge in [0.15, 0.2) is 0 Å². The summed E-state index contributed by atoms with van der Waals surface area (Å²) in [7, 11) is -3.99. The van der Waals surface area contributed by atoms with E-state index in [-0.39, 0.29) is 31.3 Å². The van der Waals surface area contributed by atoms with Gasteiger partial charge in [0.05, 0.1) is 19.8 Å². The number of benzene rings is 4. The van der Waals surface area contributed by atoms with E-state index in [0.717, 1.165) is 11.1 Å². The summed E-state index contributed by atoms with van der Waals surface area (Å²) in [4.78, 5) is 0.231. The van der Waals surface area contributed by atoms with Crippen molar-refractivity contribution >= 4 is 33.0 Å². The Morgan fingerprint density at radius 1 is 0.606 bits per heavy atom. The molecule has 4 nitrogen and oxygen atoms in total. The normalized spacial score (nSPS) is 11.5. The van der Waals surface area contributed by atoms with Gasteiger partial charge in [-0.2, -0.15) is 0 Å². The van der Waals surface area contributed by atoms with E-state index in [1.807, 2.05) is 13.8 Å². The number of halogens is 2. The highest BCUT2D eigenvalue weighted by atomic mass is 35.5. The Bertz CT molecular complexity index is 1390. The molecular weight excluding hydrogens is 479 g/mol. The predicted octanol–water partition coefficient (Wildman–Crippen LogP) is 7.19. The van der Waals surface area contributed by atoms with Crippen LogP contribution in [0.25, 0.3) is 22.3 Å². The van der Waals surface area contributed by atoms with Crippen molar-refractivity contribution in [3.8, 4) is 33.8 Å². The second-order valence-electron chi connectivity index (χ2n) is 7.84. The van der Waals surface area contributed by atoms with Crippen molar-refractivity contribution in [2.24, 2.45) is 0 Å². The zero-order valence-corrected chi connectivity index (χ0v) is 20.1. The lowest BCUT2D eigenvalue weighted by atomic mass is 10.0. The molecule has 0 heterocycles. The lowest BCUT2D eigenvalue weighted by molar-refractivity contribution is 0.475. The molecule has 7 heteroatoms. The Balaban J connectivity index is 1.97. The van der Waals surface area contributed by atoms with Gasteiger partial charge in [-0.25, -0.2) is 8.42 Å². The number of aromatic hydroxyl groups is 2.